The summed E-state index contributed by atoms with van der Waals surface area (Å²) in [5, 5.41) is 2.32. The Labute approximate surface area is 392 Å². The van der Waals surface area contributed by atoms with Crippen molar-refractivity contribution in [2.75, 3.05) is 9.80 Å². The Hall–Kier alpha value is -8.54. The minimum Gasteiger partial charge on any atom is -0.310 e. The number of rotatable bonds is 10. The van der Waals surface area contributed by atoms with Crippen molar-refractivity contribution in [3.63, 3.8) is 0 Å². The Morgan fingerprint density at radius 3 is 1.21 bits per heavy atom. The summed E-state index contributed by atoms with van der Waals surface area (Å²) >= 11 is 0. The van der Waals surface area contributed by atoms with E-state index in [4.69, 9.17) is 9.97 Å². The molecule has 0 spiro atoms. The lowest BCUT2D eigenvalue weighted by molar-refractivity contribution is 1.13. The molecule has 5 heteroatoms. The van der Waals surface area contributed by atoms with Crippen molar-refractivity contribution in [1.82, 2.24) is 14.5 Å². The Morgan fingerprint density at radius 2 is 0.761 bits per heavy atom. The summed E-state index contributed by atoms with van der Waals surface area (Å²) in [6.45, 7) is 8.65. The third-order valence-electron chi connectivity index (χ3n) is 12.7. The molecule has 67 heavy (non-hydrogen) atoms. The van der Waals surface area contributed by atoms with E-state index >= 15 is 0 Å². The summed E-state index contributed by atoms with van der Waals surface area (Å²) in [5.74, 6) is 0.711. The van der Waals surface area contributed by atoms with E-state index in [0.29, 0.717) is 5.82 Å². The molecule has 322 valence electrons. The van der Waals surface area contributed by atoms with Crippen molar-refractivity contribution < 1.29 is 0 Å². The molecular weight excluding hydrogens is 815 g/mol. The fourth-order valence-corrected chi connectivity index (χ4v) is 9.35. The SMILES string of the molecule is Cc1ccc(-c2cc(-c3cc(C)c(-n4c5ccc(N(c6ccccc6)c6ccccc6)cc5c5cc(N(c6ccccc6)c6ccccc6)ccc54)cc3C)nc(-c3ccc(C)cc3)n2)cc1. The molecule has 0 N–H and O–H groups in total. The minimum atomic E-state index is 0.711. The Balaban J connectivity index is 1.12. The highest BCUT2D eigenvalue weighted by atomic mass is 15.1. The van der Waals surface area contributed by atoms with Gasteiger partial charge in [0.1, 0.15) is 0 Å². The topological polar surface area (TPSA) is 37.2 Å². The van der Waals surface area contributed by atoms with Gasteiger partial charge in [-0.1, -0.05) is 132 Å². The van der Waals surface area contributed by atoms with Crippen LogP contribution >= 0.6 is 0 Å². The highest BCUT2D eigenvalue weighted by Gasteiger charge is 2.22. The molecule has 0 bridgehead atoms. The van der Waals surface area contributed by atoms with Crippen LogP contribution < -0.4 is 9.80 Å². The predicted octanol–water partition coefficient (Wildman–Crippen LogP) is 16.7. The maximum absolute atomic E-state index is 5.27. The van der Waals surface area contributed by atoms with Gasteiger partial charge in [-0.3, -0.25) is 0 Å². The zero-order valence-electron chi connectivity index (χ0n) is 38.1. The molecule has 0 amide bonds. The lowest BCUT2D eigenvalue weighted by Crippen LogP contribution is -2.09. The molecular formula is C62H49N5. The third-order valence-corrected chi connectivity index (χ3v) is 12.7. The van der Waals surface area contributed by atoms with Crippen molar-refractivity contribution in [2.24, 2.45) is 0 Å². The van der Waals surface area contributed by atoms with Crippen LogP contribution in [0.1, 0.15) is 22.3 Å². The highest BCUT2D eigenvalue weighted by molar-refractivity contribution is 6.12. The van der Waals surface area contributed by atoms with Gasteiger partial charge < -0.3 is 14.4 Å². The van der Waals surface area contributed by atoms with E-state index in [9.17, 15) is 0 Å². The van der Waals surface area contributed by atoms with Gasteiger partial charge in [-0.2, -0.15) is 0 Å². The molecule has 2 heterocycles. The van der Waals surface area contributed by atoms with Gasteiger partial charge in [-0.25, -0.2) is 9.97 Å². The zero-order chi connectivity index (χ0) is 45.4. The summed E-state index contributed by atoms with van der Waals surface area (Å²) in [6.07, 6.45) is 0. The molecule has 0 saturated heterocycles. The monoisotopic (exact) mass is 863 g/mol. The van der Waals surface area contributed by atoms with Crippen molar-refractivity contribution in [1.29, 1.82) is 0 Å². The number of nitrogens with zero attached hydrogens (tertiary/aromatic N) is 5. The quantitative estimate of drug-likeness (QED) is 0.137. The van der Waals surface area contributed by atoms with Crippen LogP contribution in [0, 0.1) is 27.7 Å². The fourth-order valence-electron chi connectivity index (χ4n) is 9.35. The summed E-state index contributed by atoms with van der Waals surface area (Å²) < 4.78 is 2.45. The molecule has 11 rings (SSSR count). The molecule has 0 radical (unpaired) electrons. The van der Waals surface area contributed by atoms with Gasteiger partial charge in [0.2, 0.25) is 0 Å². The second-order valence-electron chi connectivity index (χ2n) is 17.4. The largest absolute Gasteiger partial charge is 0.310 e. The van der Waals surface area contributed by atoms with Gasteiger partial charge >= 0.3 is 0 Å². The van der Waals surface area contributed by atoms with Crippen LogP contribution in [-0.2, 0) is 0 Å². The van der Waals surface area contributed by atoms with Crippen LogP contribution in [0.15, 0.2) is 224 Å². The second-order valence-corrected chi connectivity index (χ2v) is 17.4. The first-order valence-electron chi connectivity index (χ1n) is 22.9. The predicted molar refractivity (Wildman–Crippen MR) is 281 cm³/mol. The van der Waals surface area contributed by atoms with Crippen LogP contribution in [0.4, 0.5) is 34.1 Å². The molecule has 0 unspecified atom stereocenters. The number of hydrogen-bond acceptors (Lipinski definition) is 4. The number of para-hydroxylation sites is 4. The van der Waals surface area contributed by atoms with Crippen LogP contribution in [0.25, 0.3) is 61.4 Å². The summed E-state index contributed by atoms with van der Waals surface area (Å²) in [7, 11) is 0. The van der Waals surface area contributed by atoms with E-state index in [2.05, 4.69) is 267 Å². The summed E-state index contributed by atoms with van der Waals surface area (Å²) in [4.78, 5) is 15.1. The Kier molecular flexibility index (Phi) is 10.7. The zero-order valence-corrected chi connectivity index (χ0v) is 38.1. The molecule has 0 atom stereocenters. The lowest BCUT2D eigenvalue weighted by atomic mass is 9.98. The maximum Gasteiger partial charge on any atom is 0.160 e. The van der Waals surface area contributed by atoms with Gasteiger partial charge in [-0.15, -0.1) is 0 Å². The highest BCUT2D eigenvalue weighted by Crippen LogP contribution is 2.44. The standard InChI is InChI=1S/C62H49N5/c1-42-25-29-46(30-26-42)57-41-58(64-62(63-57)47-31-27-43(2)28-32-47)54-37-45(4)61(38-44(54)3)67-59-35-33-52(65(48-17-9-5-10-18-48)49-19-11-6-12-20-49)39-55(59)56-40-53(34-36-60(56)67)66(50-21-13-7-14-22-50)51-23-15-8-16-24-51/h5-41H,1-4H3. The van der Waals surface area contributed by atoms with E-state index in [1.54, 1.807) is 0 Å². The van der Waals surface area contributed by atoms with E-state index in [0.717, 1.165) is 101 Å². The number of aromatic nitrogens is 3. The number of anilines is 6. The van der Waals surface area contributed by atoms with Crippen LogP contribution in [-0.4, -0.2) is 14.5 Å². The number of benzene rings is 9. The van der Waals surface area contributed by atoms with E-state index < -0.39 is 0 Å². The van der Waals surface area contributed by atoms with Crippen LogP contribution in [0.5, 0.6) is 0 Å². The number of fused-ring (bicyclic) bond motifs is 3. The van der Waals surface area contributed by atoms with Gasteiger partial charge in [0.15, 0.2) is 5.82 Å². The number of aryl methyl sites for hydroxylation is 4. The van der Waals surface area contributed by atoms with Gasteiger partial charge in [0, 0.05) is 67.3 Å². The van der Waals surface area contributed by atoms with Crippen molar-refractivity contribution in [2.45, 2.75) is 27.7 Å². The van der Waals surface area contributed by atoms with Crippen molar-refractivity contribution in [3.05, 3.63) is 247 Å². The summed E-state index contributed by atoms with van der Waals surface area (Å²) in [6, 6.07) is 80.2. The van der Waals surface area contributed by atoms with Gasteiger partial charge in [-0.05, 0) is 142 Å². The molecule has 0 aliphatic rings. The fraction of sp³-hybridized carbons (Fsp3) is 0.0645. The molecule has 5 nitrogen and oxygen atoms in total. The number of hydrogen-bond donors (Lipinski definition) is 0. The van der Waals surface area contributed by atoms with E-state index in [-0.39, 0.29) is 0 Å². The second kappa shape index (κ2) is 17.4. The normalized spacial score (nSPS) is 11.3. The molecule has 0 aliphatic carbocycles. The lowest BCUT2D eigenvalue weighted by Gasteiger charge is -2.26. The smallest absolute Gasteiger partial charge is 0.160 e. The van der Waals surface area contributed by atoms with E-state index in [1.165, 1.54) is 11.1 Å². The first-order valence-corrected chi connectivity index (χ1v) is 22.9. The van der Waals surface area contributed by atoms with E-state index in [1.807, 2.05) is 0 Å². The average Bonchev–Trinajstić information content (AvgIpc) is 3.69. The Morgan fingerprint density at radius 1 is 0.343 bits per heavy atom. The summed E-state index contributed by atoms with van der Waals surface area (Å²) in [5.41, 5.74) is 19.6. The van der Waals surface area contributed by atoms with Crippen molar-refractivity contribution >= 4 is 55.9 Å². The minimum absolute atomic E-state index is 0.711. The third kappa shape index (κ3) is 7.91. The molecule has 9 aromatic carbocycles. The van der Waals surface area contributed by atoms with Gasteiger partial charge in [0.25, 0.3) is 0 Å². The molecule has 0 fully saturated rings. The molecule has 0 aliphatic heterocycles. The Bertz CT molecular complexity index is 3250. The van der Waals surface area contributed by atoms with Crippen molar-refractivity contribution in [3.8, 4) is 39.6 Å². The maximum atomic E-state index is 5.27. The van der Waals surface area contributed by atoms with Crippen LogP contribution in [0.3, 0.4) is 0 Å². The average molecular weight is 864 g/mol. The first kappa shape index (κ1) is 41.2. The molecule has 0 saturated carbocycles. The van der Waals surface area contributed by atoms with Crippen LogP contribution in [0.2, 0.25) is 0 Å². The first-order chi connectivity index (χ1) is 32.9. The van der Waals surface area contributed by atoms with Gasteiger partial charge in [0.05, 0.1) is 22.4 Å². The molecule has 2 aromatic heterocycles. The molecule has 11 aromatic rings.